The van der Waals surface area contributed by atoms with E-state index in [9.17, 15) is 18.0 Å². The number of benzene rings is 1. The van der Waals surface area contributed by atoms with Gasteiger partial charge < -0.3 is 5.32 Å². The normalized spacial score (nSPS) is 11.4. The van der Waals surface area contributed by atoms with Crippen molar-refractivity contribution in [3.63, 3.8) is 0 Å². The number of nitrogens with zero attached hydrogens (tertiary/aromatic N) is 1. The molecule has 2 rings (SSSR count). The number of thiazole rings is 1. The molecule has 0 radical (unpaired) electrons. The van der Waals surface area contributed by atoms with Crippen molar-refractivity contribution in [1.82, 2.24) is 10.3 Å². The molecule has 0 spiro atoms. The molecule has 0 unspecified atom stereocenters. The maximum absolute atomic E-state index is 12.4. The zero-order valence-corrected chi connectivity index (χ0v) is 13.0. The Morgan fingerprint density at radius 2 is 2.00 bits per heavy atom. The first-order chi connectivity index (χ1) is 10.5. The molecular formula is C14H13F3N2OS2. The summed E-state index contributed by atoms with van der Waals surface area (Å²) in [6.07, 6.45) is -1.89. The molecule has 118 valence electrons. The van der Waals surface area contributed by atoms with Crippen LogP contribution in [-0.2, 0) is 6.18 Å². The molecule has 1 heterocycles. The predicted molar refractivity (Wildman–Crippen MR) is 81.2 cm³/mol. The van der Waals surface area contributed by atoms with Crippen molar-refractivity contribution in [2.75, 3.05) is 12.3 Å². The van der Waals surface area contributed by atoms with Crippen LogP contribution in [0.25, 0.3) is 0 Å². The predicted octanol–water partition coefficient (Wildman–Crippen LogP) is 4.07. The van der Waals surface area contributed by atoms with Gasteiger partial charge in [-0.25, -0.2) is 4.98 Å². The van der Waals surface area contributed by atoms with Gasteiger partial charge in [0.05, 0.1) is 5.56 Å². The fraction of sp³-hybridized carbons (Fsp3) is 0.286. The maximum Gasteiger partial charge on any atom is 0.416 e. The lowest BCUT2D eigenvalue weighted by molar-refractivity contribution is -0.137. The summed E-state index contributed by atoms with van der Waals surface area (Å²) in [5.74, 6) is 0.453. The molecule has 1 amide bonds. The van der Waals surface area contributed by atoms with Crippen LogP contribution in [-0.4, -0.2) is 23.2 Å². The molecule has 2 aromatic rings. The van der Waals surface area contributed by atoms with Gasteiger partial charge in [0.25, 0.3) is 5.91 Å². The summed E-state index contributed by atoms with van der Waals surface area (Å²) >= 11 is 3.17. The molecule has 0 fully saturated rings. The van der Waals surface area contributed by atoms with Crippen molar-refractivity contribution in [3.05, 3.63) is 47.0 Å². The summed E-state index contributed by atoms with van der Waals surface area (Å²) in [5.41, 5.74) is -0.538. The van der Waals surface area contributed by atoms with E-state index in [4.69, 9.17) is 0 Å². The highest BCUT2D eigenvalue weighted by Gasteiger charge is 2.30. The number of carbonyl (C=O) groups excluding carboxylic acids is 1. The van der Waals surface area contributed by atoms with Crippen LogP contribution in [0.2, 0.25) is 0 Å². The molecule has 0 aliphatic rings. The number of aromatic nitrogens is 1. The Morgan fingerprint density at radius 1 is 1.27 bits per heavy atom. The van der Waals surface area contributed by atoms with Gasteiger partial charge in [-0.15, -0.1) is 11.3 Å². The van der Waals surface area contributed by atoms with Crippen molar-refractivity contribution in [2.45, 2.75) is 16.9 Å². The fourth-order valence-corrected chi connectivity index (χ4v) is 3.28. The minimum Gasteiger partial charge on any atom is -0.352 e. The third-order valence-electron chi connectivity index (χ3n) is 2.72. The smallest absolute Gasteiger partial charge is 0.352 e. The third kappa shape index (κ3) is 5.03. The second kappa shape index (κ2) is 7.64. The summed E-state index contributed by atoms with van der Waals surface area (Å²) < 4.78 is 38.2. The largest absolute Gasteiger partial charge is 0.416 e. The molecule has 0 aliphatic carbocycles. The highest BCUT2D eigenvalue weighted by atomic mass is 32.2. The Hall–Kier alpha value is -1.54. The second-order valence-corrected chi connectivity index (χ2v) is 6.57. The highest BCUT2D eigenvalue weighted by Crippen LogP contribution is 2.29. The molecule has 0 bridgehead atoms. The molecule has 8 heteroatoms. The molecule has 3 nitrogen and oxygen atoms in total. The third-order valence-corrected chi connectivity index (χ3v) is 4.77. The summed E-state index contributed by atoms with van der Waals surface area (Å²) in [6, 6.07) is 4.19. The van der Waals surface area contributed by atoms with E-state index in [-0.39, 0.29) is 11.5 Å². The van der Waals surface area contributed by atoms with E-state index in [1.807, 2.05) is 5.38 Å². The first-order valence-electron chi connectivity index (χ1n) is 6.44. The second-order valence-electron chi connectivity index (χ2n) is 4.33. The molecule has 1 aromatic carbocycles. The van der Waals surface area contributed by atoms with E-state index in [0.717, 1.165) is 28.6 Å². The number of hydrogen-bond donors (Lipinski definition) is 1. The van der Waals surface area contributed by atoms with Gasteiger partial charge in [-0.2, -0.15) is 13.2 Å². The average Bonchev–Trinajstić information content (AvgIpc) is 2.99. The summed E-state index contributed by atoms with van der Waals surface area (Å²) in [7, 11) is 0. The minimum atomic E-state index is -4.39. The van der Waals surface area contributed by atoms with E-state index in [2.05, 4.69) is 10.3 Å². The highest BCUT2D eigenvalue weighted by molar-refractivity contribution is 8.00. The molecule has 0 aliphatic heterocycles. The number of rotatable bonds is 6. The van der Waals surface area contributed by atoms with Crippen LogP contribution >= 0.6 is 23.1 Å². The fourth-order valence-electron chi connectivity index (χ4n) is 1.63. The summed E-state index contributed by atoms with van der Waals surface area (Å²) in [5, 5.41) is 4.58. The van der Waals surface area contributed by atoms with Crippen LogP contribution in [0.4, 0.5) is 13.2 Å². The zero-order chi connectivity index (χ0) is 16.0. The Morgan fingerprint density at radius 3 is 2.59 bits per heavy atom. The Labute approximate surface area is 134 Å². The van der Waals surface area contributed by atoms with Crippen molar-refractivity contribution >= 4 is 29.0 Å². The van der Waals surface area contributed by atoms with Gasteiger partial charge in [0.2, 0.25) is 0 Å². The number of nitrogens with one attached hydrogen (secondary N) is 1. The van der Waals surface area contributed by atoms with Gasteiger partial charge in [0.15, 0.2) is 0 Å². The first kappa shape index (κ1) is 16.8. The Bertz CT molecular complexity index is 598. The van der Waals surface area contributed by atoms with Crippen molar-refractivity contribution in [1.29, 1.82) is 0 Å². The van der Waals surface area contributed by atoms with Crippen molar-refractivity contribution in [3.8, 4) is 0 Å². The minimum absolute atomic E-state index is 0.223. The SMILES string of the molecule is O=C(NCCCSc1nccs1)c1ccc(C(F)(F)F)cc1. The van der Waals surface area contributed by atoms with E-state index in [1.54, 1.807) is 29.3 Å². The number of carbonyl (C=O) groups is 1. The van der Waals surface area contributed by atoms with Gasteiger partial charge in [0, 0.05) is 29.4 Å². The van der Waals surface area contributed by atoms with Crippen LogP contribution in [0, 0.1) is 0 Å². The topological polar surface area (TPSA) is 42.0 Å². The number of amides is 1. The molecular weight excluding hydrogens is 333 g/mol. The van der Waals surface area contributed by atoms with E-state index < -0.39 is 11.7 Å². The van der Waals surface area contributed by atoms with Crippen LogP contribution in [0.15, 0.2) is 40.2 Å². The number of alkyl halides is 3. The van der Waals surface area contributed by atoms with Gasteiger partial charge >= 0.3 is 6.18 Å². The van der Waals surface area contributed by atoms with Crippen LogP contribution < -0.4 is 5.32 Å². The molecule has 1 N–H and O–H groups in total. The molecule has 1 aromatic heterocycles. The van der Waals surface area contributed by atoms with Crippen LogP contribution in [0.3, 0.4) is 0 Å². The van der Waals surface area contributed by atoms with Gasteiger partial charge in [-0.05, 0) is 30.7 Å². The molecule has 0 atom stereocenters. The van der Waals surface area contributed by atoms with E-state index in [1.165, 1.54) is 12.1 Å². The van der Waals surface area contributed by atoms with E-state index in [0.29, 0.717) is 6.54 Å². The Balaban J connectivity index is 1.73. The molecule has 0 saturated carbocycles. The van der Waals surface area contributed by atoms with E-state index >= 15 is 0 Å². The monoisotopic (exact) mass is 346 g/mol. The van der Waals surface area contributed by atoms with Crippen LogP contribution in [0.5, 0.6) is 0 Å². The van der Waals surface area contributed by atoms with Crippen LogP contribution in [0.1, 0.15) is 22.3 Å². The Kier molecular flexibility index (Phi) is 5.84. The van der Waals surface area contributed by atoms with Gasteiger partial charge in [-0.1, -0.05) is 11.8 Å². The average molecular weight is 346 g/mol. The van der Waals surface area contributed by atoms with Gasteiger partial charge in [-0.3, -0.25) is 4.79 Å². The first-order valence-corrected chi connectivity index (χ1v) is 8.31. The maximum atomic E-state index is 12.4. The van der Waals surface area contributed by atoms with Crippen molar-refractivity contribution < 1.29 is 18.0 Å². The van der Waals surface area contributed by atoms with Crippen molar-refractivity contribution in [2.24, 2.45) is 0 Å². The lowest BCUT2D eigenvalue weighted by atomic mass is 10.1. The van der Waals surface area contributed by atoms with Gasteiger partial charge in [0.1, 0.15) is 4.34 Å². The summed E-state index contributed by atoms with van der Waals surface area (Å²) in [6.45, 7) is 0.470. The molecule has 22 heavy (non-hydrogen) atoms. The standard InChI is InChI=1S/C14H13F3N2OS2/c15-14(16,17)11-4-2-10(3-5-11)12(20)18-6-1-8-21-13-19-7-9-22-13/h2-5,7,9H,1,6,8H2,(H,18,20). The number of thioether (sulfide) groups is 1. The molecule has 0 saturated heterocycles. The number of hydrogen-bond acceptors (Lipinski definition) is 4. The lowest BCUT2D eigenvalue weighted by Crippen LogP contribution is -2.24. The lowest BCUT2D eigenvalue weighted by Gasteiger charge is -2.08. The number of halogens is 3. The zero-order valence-electron chi connectivity index (χ0n) is 11.4. The summed E-state index contributed by atoms with van der Waals surface area (Å²) in [4.78, 5) is 15.9. The quantitative estimate of drug-likeness (QED) is 0.633.